The average molecular weight is 258 g/mol. The van der Waals surface area contributed by atoms with Gasteiger partial charge in [-0.25, -0.2) is 4.98 Å². The van der Waals surface area contributed by atoms with E-state index in [4.69, 9.17) is 4.98 Å². The third-order valence-corrected chi connectivity index (χ3v) is 4.62. The lowest BCUT2D eigenvalue weighted by atomic mass is 10.3. The molecule has 0 saturated carbocycles. The highest BCUT2D eigenvalue weighted by Crippen LogP contribution is 2.24. The van der Waals surface area contributed by atoms with Crippen LogP contribution in [-0.4, -0.2) is 16.8 Å². The van der Waals surface area contributed by atoms with Crippen molar-refractivity contribution in [1.29, 1.82) is 0 Å². The van der Waals surface area contributed by atoms with Crippen LogP contribution in [0.15, 0.2) is 0 Å². The standard InChI is InChI=1S/C12H22N2S2/c1-5-10-11(7-13-6-2)16-12(14-10)8-15-9(3)4/h9,13H,5-8H2,1-4H3. The minimum atomic E-state index is 0.686. The summed E-state index contributed by atoms with van der Waals surface area (Å²) in [5.41, 5.74) is 1.28. The Morgan fingerprint density at radius 2 is 2.12 bits per heavy atom. The van der Waals surface area contributed by atoms with E-state index in [1.165, 1.54) is 15.6 Å². The quantitative estimate of drug-likeness (QED) is 0.811. The predicted octanol–water partition coefficient (Wildman–Crippen LogP) is 3.46. The van der Waals surface area contributed by atoms with Crippen LogP contribution in [0.4, 0.5) is 0 Å². The van der Waals surface area contributed by atoms with Crippen LogP contribution in [-0.2, 0) is 18.7 Å². The maximum absolute atomic E-state index is 4.71. The summed E-state index contributed by atoms with van der Waals surface area (Å²) in [6.07, 6.45) is 1.05. The minimum Gasteiger partial charge on any atom is -0.312 e. The van der Waals surface area contributed by atoms with Crippen LogP contribution >= 0.6 is 23.1 Å². The van der Waals surface area contributed by atoms with Crippen LogP contribution in [0.3, 0.4) is 0 Å². The number of nitrogens with zero attached hydrogens (tertiary/aromatic N) is 1. The van der Waals surface area contributed by atoms with Gasteiger partial charge in [0.05, 0.1) is 5.69 Å². The second kappa shape index (κ2) is 7.30. The summed E-state index contributed by atoms with van der Waals surface area (Å²) in [7, 11) is 0. The Hall–Kier alpha value is -0.0600. The molecule has 0 radical (unpaired) electrons. The molecule has 1 heterocycles. The number of nitrogens with one attached hydrogen (secondary N) is 1. The fourth-order valence-electron chi connectivity index (χ4n) is 1.39. The van der Waals surface area contributed by atoms with Crippen molar-refractivity contribution in [2.45, 2.75) is 51.7 Å². The Labute approximate surface area is 107 Å². The first-order valence-electron chi connectivity index (χ1n) is 5.97. The largest absolute Gasteiger partial charge is 0.312 e. The van der Waals surface area contributed by atoms with Crippen LogP contribution in [0.2, 0.25) is 0 Å². The molecule has 1 rings (SSSR count). The summed E-state index contributed by atoms with van der Waals surface area (Å²) >= 11 is 3.84. The van der Waals surface area contributed by atoms with Gasteiger partial charge in [-0.05, 0) is 18.2 Å². The molecule has 0 unspecified atom stereocenters. The van der Waals surface area contributed by atoms with E-state index in [1.54, 1.807) is 0 Å². The molecule has 92 valence electrons. The molecule has 0 atom stereocenters. The molecular weight excluding hydrogens is 236 g/mol. The van der Waals surface area contributed by atoms with Gasteiger partial charge in [-0.2, -0.15) is 11.8 Å². The number of thioether (sulfide) groups is 1. The van der Waals surface area contributed by atoms with Crippen molar-refractivity contribution in [3.63, 3.8) is 0 Å². The van der Waals surface area contributed by atoms with Gasteiger partial charge in [-0.15, -0.1) is 11.3 Å². The number of hydrogen-bond acceptors (Lipinski definition) is 4. The zero-order chi connectivity index (χ0) is 12.0. The topological polar surface area (TPSA) is 24.9 Å². The monoisotopic (exact) mass is 258 g/mol. The van der Waals surface area contributed by atoms with E-state index in [2.05, 4.69) is 33.0 Å². The van der Waals surface area contributed by atoms with E-state index in [-0.39, 0.29) is 0 Å². The minimum absolute atomic E-state index is 0.686. The molecular formula is C12H22N2S2. The number of hydrogen-bond donors (Lipinski definition) is 1. The van der Waals surface area contributed by atoms with Crippen molar-refractivity contribution in [1.82, 2.24) is 10.3 Å². The van der Waals surface area contributed by atoms with Crippen LogP contribution < -0.4 is 5.32 Å². The lowest BCUT2D eigenvalue weighted by molar-refractivity contribution is 0.727. The van der Waals surface area contributed by atoms with E-state index < -0.39 is 0 Å². The highest BCUT2D eigenvalue weighted by atomic mass is 32.2. The van der Waals surface area contributed by atoms with Crippen molar-refractivity contribution in [2.75, 3.05) is 6.54 Å². The molecule has 0 bridgehead atoms. The van der Waals surface area contributed by atoms with Crippen LogP contribution in [0.25, 0.3) is 0 Å². The Bertz CT molecular complexity index is 308. The molecule has 0 aliphatic heterocycles. The van der Waals surface area contributed by atoms with Gasteiger partial charge >= 0.3 is 0 Å². The summed E-state index contributed by atoms with van der Waals surface area (Å²) in [4.78, 5) is 6.13. The number of aryl methyl sites for hydroxylation is 1. The van der Waals surface area contributed by atoms with Gasteiger partial charge in [0.2, 0.25) is 0 Å². The molecule has 0 aromatic carbocycles. The Morgan fingerprint density at radius 3 is 2.69 bits per heavy atom. The third-order valence-electron chi connectivity index (χ3n) is 2.23. The number of thiazole rings is 1. The van der Waals surface area contributed by atoms with Gasteiger partial charge in [-0.3, -0.25) is 0 Å². The van der Waals surface area contributed by atoms with Crippen molar-refractivity contribution >= 4 is 23.1 Å². The van der Waals surface area contributed by atoms with Crippen LogP contribution in [0, 0.1) is 0 Å². The summed E-state index contributed by atoms with van der Waals surface area (Å²) in [6.45, 7) is 10.8. The van der Waals surface area contributed by atoms with E-state index in [9.17, 15) is 0 Å². The van der Waals surface area contributed by atoms with Crippen molar-refractivity contribution in [3.05, 3.63) is 15.6 Å². The highest BCUT2D eigenvalue weighted by molar-refractivity contribution is 7.99. The Balaban J connectivity index is 2.61. The smallest absolute Gasteiger partial charge is 0.103 e. The van der Waals surface area contributed by atoms with Gasteiger partial charge in [0.1, 0.15) is 5.01 Å². The zero-order valence-corrected chi connectivity index (χ0v) is 12.3. The van der Waals surface area contributed by atoms with Crippen molar-refractivity contribution in [3.8, 4) is 0 Å². The predicted molar refractivity (Wildman–Crippen MR) is 75.3 cm³/mol. The van der Waals surface area contributed by atoms with Gasteiger partial charge < -0.3 is 5.32 Å². The second-order valence-electron chi connectivity index (χ2n) is 3.97. The highest BCUT2D eigenvalue weighted by Gasteiger charge is 2.09. The summed E-state index contributed by atoms with van der Waals surface area (Å²) in [6, 6.07) is 0. The maximum atomic E-state index is 4.71. The van der Waals surface area contributed by atoms with Gasteiger partial charge in [0.15, 0.2) is 0 Å². The van der Waals surface area contributed by atoms with Crippen LogP contribution in [0.5, 0.6) is 0 Å². The molecule has 4 heteroatoms. The molecule has 0 amide bonds. The molecule has 0 fully saturated rings. The maximum Gasteiger partial charge on any atom is 0.103 e. The fourth-order valence-corrected chi connectivity index (χ4v) is 3.29. The molecule has 0 saturated heterocycles. The first-order valence-corrected chi connectivity index (χ1v) is 7.83. The third kappa shape index (κ3) is 4.44. The number of rotatable bonds is 7. The molecule has 1 aromatic rings. The van der Waals surface area contributed by atoms with Crippen LogP contribution in [0.1, 0.15) is 43.3 Å². The van der Waals surface area contributed by atoms with E-state index in [0.717, 1.165) is 25.3 Å². The Morgan fingerprint density at radius 1 is 1.38 bits per heavy atom. The average Bonchev–Trinajstić information content (AvgIpc) is 2.66. The molecule has 0 spiro atoms. The normalized spacial score (nSPS) is 11.3. The molecule has 1 N–H and O–H groups in total. The van der Waals surface area contributed by atoms with Gasteiger partial charge in [-0.1, -0.05) is 27.7 Å². The van der Waals surface area contributed by atoms with E-state index in [0.29, 0.717) is 5.25 Å². The second-order valence-corrected chi connectivity index (χ2v) is 6.70. The summed E-state index contributed by atoms with van der Waals surface area (Å²) in [5, 5.41) is 5.35. The fraction of sp³-hybridized carbons (Fsp3) is 0.750. The van der Waals surface area contributed by atoms with Crippen molar-refractivity contribution in [2.24, 2.45) is 0 Å². The Kier molecular flexibility index (Phi) is 6.39. The van der Waals surface area contributed by atoms with Crippen molar-refractivity contribution < 1.29 is 0 Å². The lowest BCUT2D eigenvalue weighted by Crippen LogP contribution is -2.11. The van der Waals surface area contributed by atoms with E-state index >= 15 is 0 Å². The molecule has 16 heavy (non-hydrogen) atoms. The van der Waals surface area contributed by atoms with E-state index in [1.807, 2.05) is 23.1 Å². The first kappa shape index (κ1) is 14.0. The number of aromatic nitrogens is 1. The zero-order valence-electron chi connectivity index (χ0n) is 10.7. The lowest BCUT2D eigenvalue weighted by Gasteiger charge is -2.00. The van der Waals surface area contributed by atoms with Gasteiger partial charge in [0, 0.05) is 17.2 Å². The summed E-state index contributed by atoms with van der Waals surface area (Å²) < 4.78 is 0. The molecule has 2 nitrogen and oxygen atoms in total. The first-order chi connectivity index (χ1) is 7.67. The molecule has 1 aromatic heterocycles. The summed E-state index contributed by atoms with van der Waals surface area (Å²) in [5.74, 6) is 1.06. The molecule has 0 aliphatic carbocycles. The van der Waals surface area contributed by atoms with Gasteiger partial charge in [0.25, 0.3) is 0 Å². The SMILES string of the molecule is CCNCc1sc(CSC(C)C)nc1CC. The molecule has 0 aliphatic rings.